The van der Waals surface area contributed by atoms with Crippen LogP contribution in [0.5, 0.6) is 0 Å². The number of hydrogen-bond acceptors (Lipinski definition) is 4. The standard InChI is InChI=1S/C18H25NO3/c1-5-6-11-21-15-12-18(4)16(20)17(2,3)13-9-7-8-10-14(13)19(18)22-15/h7-10,15H,5-6,11-12H2,1-4H3/t15?,18-/m1/s1. The minimum Gasteiger partial charge on any atom is -0.350 e. The first-order chi connectivity index (χ1) is 10.4. The Morgan fingerprint density at radius 1 is 1.32 bits per heavy atom. The molecule has 2 atom stereocenters. The number of ketones is 1. The maximum Gasteiger partial charge on any atom is 0.186 e. The number of carbonyl (C=O) groups excluding carboxylic acids is 1. The van der Waals surface area contributed by atoms with Crippen LogP contribution in [0.2, 0.25) is 0 Å². The van der Waals surface area contributed by atoms with Crippen LogP contribution in [0.4, 0.5) is 5.69 Å². The van der Waals surface area contributed by atoms with Crippen LogP contribution in [0.25, 0.3) is 0 Å². The topological polar surface area (TPSA) is 38.8 Å². The number of ether oxygens (including phenoxy) is 1. The summed E-state index contributed by atoms with van der Waals surface area (Å²) < 4.78 is 5.82. The summed E-state index contributed by atoms with van der Waals surface area (Å²) in [4.78, 5) is 19.1. The first-order valence-electron chi connectivity index (χ1n) is 8.14. The largest absolute Gasteiger partial charge is 0.350 e. The van der Waals surface area contributed by atoms with Crippen molar-refractivity contribution >= 4 is 11.5 Å². The molecule has 2 aliphatic heterocycles. The lowest BCUT2D eigenvalue weighted by atomic mass is 9.68. The number of anilines is 1. The average molecular weight is 303 g/mol. The number of para-hydroxylation sites is 1. The van der Waals surface area contributed by atoms with Gasteiger partial charge in [-0.2, -0.15) is 0 Å². The van der Waals surface area contributed by atoms with Gasteiger partial charge in [0.15, 0.2) is 12.1 Å². The zero-order valence-corrected chi connectivity index (χ0v) is 13.9. The van der Waals surface area contributed by atoms with Crippen LogP contribution in [0.1, 0.15) is 52.5 Å². The predicted molar refractivity (Wildman–Crippen MR) is 85.7 cm³/mol. The third kappa shape index (κ3) is 2.17. The van der Waals surface area contributed by atoms with Crippen molar-refractivity contribution < 1.29 is 14.4 Å². The Hall–Kier alpha value is -1.39. The second-order valence-corrected chi connectivity index (χ2v) is 7.00. The summed E-state index contributed by atoms with van der Waals surface area (Å²) in [6.07, 6.45) is 2.32. The molecule has 0 aliphatic carbocycles. The molecular formula is C18H25NO3. The molecule has 0 radical (unpaired) electrons. The molecule has 1 saturated heterocycles. The zero-order valence-electron chi connectivity index (χ0n) is 13.9. The van der Waals surface area contributed by atoms with Gasteiger partial charge in [0.05, 0.1) is 11.1 Å². The van der Waals surface area contributed by atoms with Gasteiger partial charge in [-0.25, -0.2) is 9.90 Å². The number of benzene rings is 1. The van der Waals surface area contributed by atoms with Gasteiger partial charge < -0.3 is 4.74 Å². The molecular weight excluding hydrogens is 278 g/mol. The highest BCUT2D eigenvalue weighted by Crippen LogP contribution is 2.49. The fourth-order valence-electron chi connectivity index (χ4n) is 3.61. The first-order valence-corrected chi connectivity index (χ1v) is 8.14. The van der Waals surface area contributed by atoms with Crippen LogP contribution in [0, 0.1) is 0 Å². The number of rotatable bonds is 4. The van der Waals surface area contributed by atoms with Crippen molar-refractivity contribution in [2.24, 2.45) is 0 Å². The molecule has 0 amide bonds. The average Bonchev–Trinajstić information content (AvgIpc) is 2.84. The van der Waals surface area contributed by atoms with Crippen molar-refractivity contribution in [2.75, 3.05) is 11.7 Å². The molecule has 0 N–H and O–H groups in total. The summed E-state index contributed by atoms with van der Waals surface area (Å²) >= 11 is 0. The number of nitrogens with zero attached hydrogens (tertiary/aromatic N) is 1. The van der Waals surface area contributed by atoms with Crippen molar-refractivity contribution in [3.8, 4) is 0 Å². The Morgan fingerprint density at radius 3 is 2.77 bits per heavy atom. The molecule has 0 aromatic heterocycles. The Kier molecular flexibility index (Phi) is 3.77. The fourth-order valence-corrected chi connectivity index (χ4v) is 3.61. The molecule has 22 heavy (non-hydrogen) atoms. The van der Waals surface area contributed by atoms with Gasteiger partial charge in [-0.3, -0.25) is 4.79 Å². The zero-order chi connectivity index (χ0) is 16.0. The van der Waals surface area contributed by atoms with Crippen molar-refractivity contribution in [3.05, 3.63) is 29.8 Å². The number of fused-ring (bicyclic) bond motifs is 3. The first kappa shape index (κ1) is 15.5. The Balaban J connectivity index is 1.94. The molecule has 3 rings (SSSR count). The van der Waals surface area contributed by atoms with Crippen molar-refractivity contribution in [2.45, 2.75) is 64.2 Å². The molecule has 1 aromatic rings. The fraction of sp³-hybridized carbons (Fsp3) is 0.611. The van der Waals surface area contributed by atoms with Gasteiger partial charge in [0, 0.05) is 13.0 Å². The maximum absolute atomic E-state index is 13.1. The molecule has 4 heteroatoms. The van der Waals surface area contributed by atoms with Gasteiger partial charge in [-0.05, 0) is 38.8 Å². The molecule has 0 saturated carbocycles. The van der Waals surface area contributed by atoms with E-state index < -0.39 is 11.0 Å². The van der Waals surface area contributed by atoms with E-state index in [0.29, 0.717) is 13.0 Å². The summed E-state index contributed by atoms with van der Waals surface area (Å²) in [6, 6.07) is 8.00. The smallest absolute Gasteiger partial charge is 0.186 e. The number of unbranched alkanes of at least 4 members (excludes halogenated alkanes) is 1. The van der Waals surface area contributed by atoms with Gasteiger partial charge in [-0.1, -0.05) is 31.5 Å². The maximum atomic E-state index is 13.1. The van der Waals surface area contributed by atoms with E-state index in [-0.39, 0.29) is 12.1 Å². The Morgan fingerprint density at radius 2 is 2.05 bits per heavy atom. The molecule has 120 valence electrons. The quantitative estimate of drug-likeness (QED) is 0.797. The van der Waals surface area contributed by atoms with Crippen molar-refractivity contribution in [1.29, 1.82) is 0 Å². The lowest BCUT2D eigenvalue weighted by Crippen LogP contribution is -2.58. The highest BCUT2D eigenvalue weighted by Gasteiger charge is 2.58. The van der Waals surface area contributed by atoms with Crippen LogP contribution < -0.4 is 5.06 Å². The monoisotopic (exact) mass is 303 g/mol. The van der Waals surface area contributed by atoms with Gasteiger partial charge in [0.1, 0.15) is 5.54 Å². The van der Waals surface area contributed by atoms with Crippen LogP contribution in [-0.2, 0) is 19.8 Å². The molecule has 2 aliphatic rings. The molecule has 2 heterocycles. The summed E-state index contributed by atoms with van der Waals surface area (Å²) in [5.41, 5.74) is 0.834. The molecule has 4 nitrogen and oxygen atoms in total. The minimum atomic E-state index is -0.658. The minimum absolute atomic E-state index is 0.195. The van der Waals surface area contributed by atoms with Crippen molar-refractivity contribution in [1.82, 2.24) is 0 Å². The van der Waals surface area contributed by atoms with Gasteiger partial charge in [-0.15, -0.1) is 0 Å². The van der Waals surface area contributed by atoms with E-state index in [4.69, 9.17) is 9.57 Å². The highest BCUT2D eigenvalue weighted by atomic mass is 16.8. The summed E-state index contributed by atoms with van der Waals surface area (Å²) in [6.45, 7) is 8.77. The lowest BCUT2D eigenvalue weighted by Gasteiger charge is -2.45. The van der Waals surface area contributed by atoms with Crippen LogP contribution >= 0.6 is 0 Å². The number of Topliss-reactive ketones (excluding diaryl/α,β-unsaturated/α-hetero) is 1. The molecule has 1 fully saturated rings. The highest BCUT2D eigenvalue weighted by molar-refractivity contribution is 6.03. The van der Waals surface area contributed by atoms with E-state index >= 15 is 0 Å². The summed E-state index contributed by atoms with van der Waals surface area (Å²) in [5.74, 6) is 0.195. The van der Waals surface area contributed by atoms with E-state index in [0.717, 1.165) is 24.1 Å². The lowest BCUT2D eigenvalue weighted by molar-refractivity contribution is -0.131. The van der Waals surface area contributed by atoms with Crippen LogP contribution in [0.15, 0.2) is 24.3 Å². The summed E-state index contributed by atoms with van der Waals surface area (Å²) in [7, 11) is 0. The van der Waals surface area contributed by atoms with E-state index in [1.165, 1.54) is 0 Å². The predicted octanol–water partition coefficient (Wildman–Crippen LogP) is 3.59. The molecule has 1 aromatic carbocycles. The van der Waals surface area contributed by atoms with E-state index in [9.17, 15) is 4.79 Å². The normalized spacial score (nSPS) is 29.4. The molecule has 1 unspecified atom stereocenters. The Bertz CT molecular complexity index is 583. The van der Waals surface area contributed by atoms with Crippen molar-refractivity contribution in [3.63, 3.8) is 0 Å². The van der Waals surface area contributed by atoms with E-state index in [1.54, 1.807) is 5.06 Å². The molecule has 0 spiro atoms. The van der Waals surface area contributed by atoms with Gasteiger partial charge in [0.25, 0.3) is 0 Å². The summed E-state index contributed by atoms with van der Waals surface area (Å²) in [5, 5.41) is 1.78. The second-order valence-electron chi connectivity index (χ2n) is 7.00. The third-order valence-corrected chi connectivity index (χ3v) is 4.89. The van der Waals surface area contributed by atoms with E-state index in [2.05, 4.69) is 6.92 Å². The SMILES string of the molecule is CCCCOC1C[C@]2(C)C(=O)C(C)(C)c3ccccc3N2O1. The van der Waals surface area contributed by atoms with Crippen LogP contribution in [0.3, 0.4) is 0 Å². The van der Waals surface area contributed by atoms with Gasteiger partial charge in [0.2, 0.25) is 0 Å². The Labute approximate surface area is 132 Å². The van der Waals surface area contributed by atoms with Crippen LogP contribution in [-0.4, -0.2) is 24.2 Å². The number of hydroxylamine groups is 1. The number of carbonyl (C=O) groups is 1. The molecule has 0 bridgehead atoms. The number of hydrogen-bond donors (Lipinski definition) is 0. The third-order valence-electron chi connectivity index (χ3n) is 4.89. The second kappa shape index (κ2) is 5.36. The van der Waals surface area contributed by atoms with Gasteiger partial charge >= 0.3 is 0 Å². The van der Waals surface area contributed by atoms with E-state index in [1.807, 2.05) is 45.0 Å².